The molecule has 0 amide bonds. The maximum atomic E-state index is 10.1. The second-order valence-corrected chi connectivity index (χ2v) is 4.95. The summed E-state index contributed by atoms with van der Waals surface area (Å²) in [7, 11) is 4.00. The number of hydrogen-bond acceptors (Lipinski definition) is 3. The Kier molecular flexibility index (Phi) is 7.09. The van der Waals surface area contributed by atoms with Crippen LogP contribution < -0.4 is 4.74 Å². The largest absolute Gasteiger partial charge is 0.494 e. The van der Waals surface area contributed by atoms with Crippen molar-refractivity contribution in [3.63, 3.8) is 0 Å². The van der Waals surface area contributed by atoms with E-state index in [9.17, 15) is 5.11 Å². The number of rotatable bonds is 8. The van der Waals surface area contributed by atoms with E-state index in [1.165, 1.54) is 0 Å². The highest BCUT2D eigenvalue weighted by molar-refractivity contribution is 6.17. The van der Waals surface area contributed by atoms with Crippen LogP contribution in [0.3, 0.4) is 0 Å². The summed E-state index contributed by atoms with van der Waals surface area (Å²) in [6.45, 7) is 1.47. The van der Waals surface area contributed by atoms with Crippen LogP contribution in [0.5, 0.6) is 5.75 Å². The zero-order valence-electron chi connectivity index (χ0n) is 11.1. The van der Waals surface area contributed by atoms with Crippen LogP contribution in [0.25, 0.3) is 0 Å². The van der Waals surface area contributed by atoms with Crippen molar-refractivity contribution in [2.75, 3.05) is 33.1 Å². The molecule has 1 rings (SSSR count). The predicted octanol–water partition coefficient (Wildman–Crippen LogP) is 2.68. The summed E-state index contributed by atoms with van der Waals surface area (Å²) < 4.78 is 5.56. The van der Waals surface area contributed by atoms with E-state index in [0.717, 1.165) is 30.7 Å². The third kappa shape index (κ3) is 5.71. The first-order valence-corrected chi connectivity index (χ1v) is 6.78. The third-order valence-corrected chi connectivity index (χ3v) is 2.91. The Morgan fingerprint density at radius 3 is 2.83 bits per heavy atom. The van der Waals surface area contributed by atoms with Crippen LogP contribution in [-0.4, -0.2) is 43.1 Å². The summed E-state index contributed by atoms with van der Waals surface area (Å²) in [5, 5.41) is 10.1. The Bertz CT molecular complexity index is 344. The summed E-state index contributed by atoms with van der Waals surface area (Å²) in [5.74, 6) is 1.40. The molecule has 0 saturated heterocycles. The number of hydrogen-bond donors (Lipinski definition) is 1. The van der Waals surface area contributed by atoms with Gasteiger partial charge >= 0.3 is 0 Å². The number of ether oxygens (including phenoxy) is 1. The Labute approximate surface area is 114 Å². The minimum absolute atomic E-state index is 0.441. The van der Waals surface area contributed by atoms with Crippen molar-refractivity contribution < 1.29 is 9.84 Å². The molecule has 0 bridgehead atoms. The Balaban J connectivity index is 2.52. The van der Waals surface area contributed by atoms with Crippen LogP contribution in [0.15, 0.2) is 24.3 Å². The Morgan fingerprint density at radius 1 is 1.39 bits per heavy atom. The fourth-order valence-corrected chi connectivity index (χ4v) is 1.71. The molecule has 0 heterocycles. The second-order valence-electron chi connectivity index (χ2n) is 4.57. The molecular weight excluding hydrogens is 250 g/mol. The molecule has 0 saturated carbocycles. The number of halogens is 1. The van der Waals surface area contributed by atoms with Gasteiger partial charge in [-0.15, -0.1) is 11.6 Å². The number of nitrogens with zero attached hydrogens (tertiary/aromatic N) is 1. The zero-order valence-corrected chi connectivity index (χ0v) is 11.9. The van der Waals surface area contributed by atoms with Crippen molar-refractivity contribution in [1.29, 1.82) is 0 Å². The molecule has 0 fully saturated rings. The molecule has 0 aromatic heterocycles. The van der Waals surface area contributed by atoms with E-state index >= 15 is 0 Å². The van der Waals surface area contributed by atoms with E-state index in [2.05, 4.69) is 4.90 Å². The molecule has 18 heavy (non-hydrogen) atoms. The van der Waals surface area contributed by atoms with Gasteiger partial charge in [-0.3, -0.25) is 0 Å². The summed E-state index contributed by atoms with van der Waals surface area (Å²) >= 11 is 5.60. The second kappa shape index (κ2) is 8.35. The summed E-state index contributed by atoms with van der Waals surface area (Å²) in [4.78, 5) is 2.06. The number of aliphatic hydroxyl groups excluding tert-OH is 1. The maximum Gasteiger partial charge on any atom is 0.119 e. The lowest BCUT2D eigenvalue weighted by Crippen LogP contribution is -2.15. The first kappa shape index (κ1) is 15.3. The van der Waals surface area contributed by atoms with Crippen molar-refractivity contribution in [3.05, 3.63) is 29.8 Å². The molecule has 1 aromatic carbocycles. The van der Waals surface area contributed by atoms with Gasteiger partial charge in [-0.1, -0.05) is 12.1 Å². The van der Waals surface area contributed by atoms with Gasteiger partial charge in [0, 0.05) is 12.4 Å². The van der Waals surface area contributed by atoms with Crippen LogP contribution in [-0.2, 0) is 0 Å². The standard InChI is InChI=1S/C14H22ClNO2/c1-16(2)9-7-14(17)12-5-3-6-13(11-12)18-10-4-8-15/h3,5-6,11,14,17H,4,7-10H2,1-2H3. The minimum atomic E-state index is -0.441. The van der Waals surface area contributed by atoms with Crippen molar-refractivity contribution in [2.24, 2.45) is 0 Å². The molecule has 1 atom stereocenters. The number of alkyl halides is 1. The van der Waals surface area contributed by atoms with Crippen molar-refractivity contribution in [2.45, 2.75) is 18.9 Å². The number of benzene rings is 1. The summed E-state index contributed by atoms with van der Waals surface area (Å²) in [5.41, 5.74) is 0.903. The highest BCUT2D eigenvalue weighted by atomic mass is 35.5. The molecule has 0 aliphatic heterocycles. The predicted molar refractivity (Wildman–Crippen MR) is 75.4 cm³/mol. The third-order valence-electron chi connectivity index (χ3n) is 2.64. The van der Waals surface area contributed by atoms with E-state index in [1.54, 1.807) is 0 Å². The summed E-state index contributed by atoms with van der Waals surface area (Å²) in [6, 6.07) is 7.63. The fraction of sp³-hybridized carbons (Fsp3) is 0.571. The lowest BCUT2D eigenvalue weighted by Gasteiger charge is -2.15. The average Bonchev–Trinajstić information content (AvgIpc) is 2.36. The topological polar surface area (TPSA) is 32.7 Å². The van der Waals surface area contributed by atoms with Crippen LogP contribution >= 0.6 is 11.6 Å². The fourth-order valence-electron chi connectivity index (χ4n) is 1.60. The van der Waals surface area contributed by atoms with Crippen molar-refractivity contribution in [1.82, 2.24) is 4.90 Å². The molecule has 4 heteroatoms. The van der Waals surface area contributed by atoms with Crippen LogP contribution in [0.1, 0.15) is 24.5 Å². The van der Waals surface area contributed by atoms with E-state index in [0.29, 0.717) is 12.5 Å². The van der Waals surface area contributed by atoms with Gasteiger partial charge in [-0.05, 0) is 44.6 Å². The van der Waals surface area contributed by atoms with E-state index in [1.807, 2.05) is 38.4 Å². The highest BCUT2D eigenvalue weighted by Gasteiger charge is 2.08. The lowest BCUT2D eigenvalue weighted by atomic mass is 10.1. The number of aliphatic hydroxyl groups is 1. The van der Waals surface area contributed by atoms with Gasteiger partial charge in [0.2, 0.25) is 0 Å². The Hall–Kier alpha value is -0.770. The van der Waals surface area contributed by atoms with E-state index in [4.69, 9.17) is 16.3 Å². The van der Waals surface area contributed by atoms with Crippen molar-refractivity contribution in [3.8, 4) is 5.75 Å². The molecule has 0 aliphatic rings. The van der Waals surface area contributed by atoms with Gasteiger partial charge in [-0.2, -0.15) is 0 Å². The molecule has 0 radical (unpaired) electrons. The van der Waals surface area contributed by atoms with Crippen LogP contribution in [0.4, 0.5) is 0 Å². The molecule has 1 N–H and O–H groups in total. The lowest BCUT2D eigenvalue weighted by molar-refractivity contribution is 0.154. The SMILES string of the molecule is CN(C)CCC(O)c1cccc(OCCCCl)c1. The maximum absolute atomic E-state index is 10.1. The molecule has 1 unspecified atom stereocenters. The first-order chi connectivity index (χ1) is 8.63. The van der Waals surface area contributed by atoms with Gasteiger partial charge in [-0.25, -0.2) is 0 Å². The smallest absolute Gasteiger partial charge is 0.119 e. The van der Waals surface area contributed by atoms with Gasteiger partial charge in [0.15, 0.2) is 0 Å². The van der Waals surface area contributed by atoms with Crippen molar-refractivity contribution >= 4 is 11.6 Å². The minimum Gasteiger partial charge on any atom is -0.494 e. The van der Waals surface area contributed by atoms with Gasteiger partial charge in [0.25, 0.3) is 0 Å². The average molecular weight is 272 g/mol. The van der Waals surface area contributed by atoms with E-state index < -0.39 is 6.10 Å². The summed E-state index contributed by atoms with van der Waals surface area (Å²) in [6.07, 6.45) is 1.11. The normalized spacial score (nSPS) is 12.7. The Morgan fingerprint density at radius 2 is 2.17 bits per heavy atom. The zero-order chi connectivity index (χ0) is 13.4. The van der Waals surface area contributed by atoms with Gasteiger partial charge in [0.1, 0.15) is 5.75 Å². The van der Waals surface area contributed by atoms with Crippen LogP contribution in [0, 0.1) is 0 Å². The quantitative estimate of drug-likeness (QED) is 0.583. The van der Waals surface area contributed by atoms with E-state index in [-0.39, 0.29) is 0 Å². The van der Waals surface area contributed by atoms with Crippen LogP contribution in [0.2, 0.25) is 0 Å². The molecule has 1 aromatic rings. The monoisotopic (exact) mass is 271 g/mol. The molecular formula is C14H22ClNO2. The molecule has 102 valence electrons. The van der Waals surface area contributed by atoms with Gasteiger partial charge in [0.05, 0.1) is 12.7 Å². The molecule has 0 aliphatic carbocycles. The molecule has 3 nitrogen and oxygen atoms in total. The van der Waals surface area contributed by atoms with Gasteiger partial charge < -0.3 is 14.7 Å². The first-order valence-electron chi connectivity index (χ1n) is 6.25. The molecule has 0 spiro atoms. The highest BCUT2D eigenvalue weighted by Crippen LogP contribution is 2.21.